The molecular formula is C13H19NO2S. The Hall–Kier alpha value is -1.16. The fourth-order valence-corrected chi connectivity index (χ4v) is 2.05. The van der Waals surface area contributed by atoms with E-state index in [1.807, 2.05) is 24.5 Å². The third-order valence-corrected chi connectivity index (χ3v) is 3.71. The lowest BCUT2D eigenvalue weighted by atomic mass is 9.86. The Morgan fingerprint density at radius 1 is 1.47 bits per heavy atom. The Morgan fingerprint density at radius 3 is 2.65 bits per heavy atom. The van der Waals surface area contributed by atoms with Crippen LogP contribution in [0.15, 0.2) is 23.1 Å². The number of carboxylic acid groups (broad SMARTS) is 1. The molecular weight excluding hydrogens is 234 g/mol. The predicted molar refractivity (Wildman–Crippen MR) is 72.4 cm³/mol. The Kier molecular flexibility index (Phi) is 4.46. The zero-order valence-corrected chi connectivity index (χ0v) is 11.3. The molecule has 0 radical (unpaired) electrons. The lowest BCUT2D eigenvalue weighted by Gasteiger charge is -2.19. The summed E-state index contributed by atoms with van der Waals surface area (Å²) in [4.78, 5) is 12.0. The van der Waals surface area contributed by atoms with Gasteiger partial charge in [-0.15, -0.1) is 11.8 Å². The molecule has 0 bridgehead atoms. The third kappa shape index (κ3) is 3.66. The van der Waals surface area contributed by atoms with Crippen molar-refractivity contribution >= 4 is 23.4 Å². The summed E-state index contributed by atoms with van der Waals surface area (Å²) < 4.78 is 0. The van der Waals surface area contributed by atoms with Gasteiger partial charge in [0.25, 0.3) is 0 Å². The van der Waals surface area contributed by atoms with Gasteiger partial charge in [0, 0.05) is 10.6 Å². The number of thioether (sulfide) groups is 1. The Labute approximate surface area is 106 Å². The van der Waals surface area contributed by atoms with E-state index in [1.54, 1.807) is 25.6 Å². The van der Waals surface area contributed by atoms with E-state index in [0.717, 1.165) is 22.6 Å². The molecule has 0 fully saturated rings. The molecule has 0 saturated carbocycles. The first-order valence-corrected chi connectivity index (χ1v) is 6.75. The van der Waals surface area contributed by atoms with Gasteiger partial charge in [-0.25, -0.2) is 0 Å². The summed E-state index contributed by atoms with van der Waals surface area (Å²) in [6, 6.07) is 5.89. The summed E-state index contributed by atoms with van der Waals surface area (Å²) in [5.41, 5.74) is 7.05. The number of nitrogens with two attached hydrogens (primary N) is 1. The van der Waals surface area contributed by atoms with Crippen molar-refractivity contribution in [3.63, 3.8) is 0 Å². The number of anilines is 1. The predicted octanol–water partition coefficient (Wildman–Crippen LogP) is 3.03. The molecule has 0 spiro atoms. The van der Waals surface area contributed by atoms with Crippen LogP contribution in [-0.4, -0.2) is 17.3 Å². The summed E-state index contributed by atoms with van der Waals surface area (Å²) in [5.74, 6) is -0.752. The summed E-state index contributed by atoms with van der Waals surface area (Å²) in [7, 11) is 0. The largest absolute Gasteiger partial charge is 0.481 e. The standard InChI is InChI=1S/C13H19NO2S/c1-13(2,12(15)16)7-6-9-4-5-10(14)11(8-9)17-3/h4-5,8H,6-7,14H2,1-3H3,(H,15,16). The van der Waals surface area contributed by atoms with Crippen molar-refractivity contribution in [1.29, 1.82) is 0 Å². The minimum absolute atomic E-state index is 0.625. The Bertz CT molecular complexity index is 416. The second kappa shape index (κ2) is 5.45. The molecule has 94 valence electrons. The van der Waals surface area contributed by atoms with E-state index in [9.17, 15) is 4.79 Å². The molecule has 4 heteroatoms. The van der Waals surface area contributed by atoms with Crippen LogP contribution in [0.4, 0.5) is 5.69 Å². The molecule has 0 atom stereocenters. The van der Waals surface area contributed by atoms with Gasteiger partial charge in [0.1, 0.15) is 0 Å². The Balaban J connectivity index is 2.73. The molecule has 3 N–H and O–H groups in total. The number of carboxylic acids is 1. The van der Waals surface area contributed by atoms with Crippen LogP contribution in [0.25, 0.3) is 0 Å². The maximum atomic E-state index is 11.0. The van der Waals surface area contributed by atoms with Crippen molar-refractivity contribution in [1.82, 2.24) is 0 Å². The molecule has 0 aliphatic heterocycles. The second-order valence-corrected chi connectivity index (χ2v) is 5.61. The van der Waals surface area contributed by atoms with Crippen LogP contribution in [0.3, 0.4) is 0 Å². The number of hydrogen-bond donors (Lipinski definition) is 2. The minimum Gasteiger partial charge on any atom is -0.481 e. The van der Waals surface area contributed by atoms with Gasteiger partial charge in [0.05, 0.1) is 5.41 Å². The smallest absolute Gasteiger partial charge is 0.309 e. The van der Waals surface area contributed by atoms with E-state index in [0.29, 0.717) is 6.42 Å². The highest BCUT2D eigenvalue weighted by atomic mass is 32.2. The third-order valence-electron chi connectivity index (χ3n) is 2.92. The van der Waals surface area contributed by atoms with E-state index in [2.05, 4.69) is 0 Å². The van der Waals surface area contributed by atoms with E-state index in [-0.39, 0.29) is 0 Å². The molecule has 17 heavy (non-hydrogen) atoms. The number of carbonyl (C=O) groups is 1. The summed E-state index contributed by atoms with van der Waals surface area (Å²) >= 11 is 1.61. The number of rotatable bonds is 5. The first-order chi connectivity index (χ1) is 7.86. The fourth-order valence-electron chi connectivity index (χ4n) is 1.47. The Morgan fingerprint density at radius 2 is 2.12 bits per heavy atom. The molecule has 0 aromatic heterocycles. The van der Waals surface area contributed by atoms with Crippen LogP contribution in [0.2, 0.25) is 0 Å². The maximum Gasteiger partial charge on any atom is 0.309 e. The fraction of sp³-hybridized carbons (Fsp3) is 0.462. The van der Waals surface area contributed by atoms with Gasteiger partial charge in [-0.1, -0.05) is 6.07 Å². The average Bonchev–Trinajstić information content (AvgIpc) is 2.28. The molecule has 0 aliphatic carbocycles. The lowest BCUT2D eigenvalue weighted by Crippen LogP contribution is -2.24. The van der Waals surface area contributed by atoms with Crippen molar-refractivity contribution in [2.45, 2.75) is 31.6 Å². The van der Waals surface area contributed by atoms with Crippen molar-refractivity contribution in [3.8, 4) is 0 Å². The molecule has 1 rings (SSSR count). The highest BCUT2D eigenvalue weighted by Gasteiger charge is 2.26. The van der Waals surface area contributed by atoms with Crippen molar-refractivity contribution in [2.24, 2.45) is 5.41 Å². The van der Waals surface area contributed by atoms with Crippen LogP contribution in [-0.2, 0) is 11.2 Å². The van der Waals surface area contributed by atoms with Gasteiger partial charge in [-0.05, 0) is 50.6 Å². The average molecular weight is 253 g/mol. The minimum atomic E-state index is -0.752. The van der Waals surface area contributed by atoms with Crippen molar-refractivity contribution in [2.75, 3.05) is 12.0 Å². The topological polar surface area (TPSA) is 63.3 Å². The van der Waals surface area contributed by atoms with Crippen LogP contribution in [0.1, 0.15) is 25.8 Å². The second-order valence-electron chi connectivity index (χ2n) is 4.77. The molecule has 1 aromatic carbocycles. The first-order valence-electron chi connectivity index (χ1n) is 5.52. The van der Waals surface area contributed by atoms with E-state index in [4.69, 9.17) is 10.8 Å². The molecule has 1 aromatic rings. The van der Waals surface area contributed by atoms with Gasteiger partial charge in [0.15, 0.2) is 0 Å². The van der Waals surface area contributed by atoms with Gasteiger partial charge in [-0.2, -0.15) is 0 Å². The van der Waals surface area contributed by atoms with Gasteiger partial charge in [-0.3, -0.25) is 4.79 Å². The van der Waals surface area contributed by atoms with Crippen LogP contribution >= 0.6 is 11.8 Å². The summed E-state index contributed by atoms with van der Waals surface area (Å²) in [6.07, 6.45) is 3.36. The van der Waals surface area contributed by atoms with E-state index < -0.39 is 11.4 Å². The summed E-state index contributed by atoms with van der Waals surface area (Å²) in [6.45, 7) is 3.50. The number of aliphatic carboxylic acids is 1. The molecule has 0 heterocycles. The van der Waals surface area contributed by atoms with Crippen molar-refractivity contribution < 1.29 is 9.90 Å². The molecule has 3 nitrogen and oxygen atoms in total. The first kappa shape index (κ1) is 13.9. The zero-order valence-electron chi connectivity index (χ0n) is 10.5. The highest BCUT2D eigenvalue weighted by molar-refractivity contribution is 7.98. The molecule has 0 unspecified atom stereocenters. The number of benzene rings is 1. The van der Waals surface area contributed by atoms with E-state index in [1.165, 1.54) is 0 Å². The van der Waals surface area contributed by atoms with Gasteiger partial charge in [0.2, 0.25) is 0 Å². The monoisotopic (exact) mass is 253 g/mol. The highest BCUT2D eigenvalue weighted by Crippen LogP contribution is 2.27. The lowest BCUT2D eigenvalue weighted by molar-refractivity contribution is -0.147. The molecule has 0 aliphatic rings. The molecule has 0 amide bonds. The zero-order chi connectivity index (χ0) is 13.1. The van der Waals surface area contributed by atoms with Crippen LogP contribution in [0, 0.1) is 5.41 Å². The summed E-state index contributed by atoms with van der Waals surface area (Å²) in [5, 5.41) is 9.04. The molecule has 0 saturated heterocycles. The van der Waals surface area contributed by atoms with Crippen LogP contribution < -0.4 is 5.73 Å². The van der Waals surface area contributed by atoms with E-state index >= 15 is 0 Å². The van der Waals surface area contributed by atoms with Crippen LogP contribution in [0.5, 0.6) is 0 Å². The normalized spacial score (nSPS) is 11.5. The van der Waals surface area contributed by atoms with Gasteiger partial charge < -0.3 is 10.8 Å². The maximum absolute atomic E-state index is 11.0. The van der Waals surface area contributed by atoms with Crippen molar-refractivity contribution in [3.05, 3.63) is 23.8 Å². The SMILES string of the molecule is CSc1cc(CCC(C)(C)C(=O)O)ccc1N. The van der Waals surface area contributed by atoms with Gasteiger partial charge >= 0.3 is 5.97 Å². The number of hydrogen-bond acceptors (Lipinski definition) is 3. The number of nitrogen functional groups attached to an aromatic ring is 1. The number of aryl methyl sites for hydroxylation is 1. The quantitative estimate of drug-likeness (QED) is 0.625.